The average Bonchev–Trinajstić information content (AvgIpc) is 2.46. The molecule has 1 aliphatic carbocycles. The third-order valence-corrected chi connectivity index (χ3v) is 5.09. The lowest BCUT2D eigenvalue weighted by Crippen LogP contribution is -2.48. The molecule has 1 N–H and O–H groups in total. The van der Waals surface area contributed by atoms with Crippen LogP contribution in [0.3, 0.4) is 0 Å². The van der Waals surface area contributed by atoms with E-state index in [1.807, 2.05) is 0 Å². The van der Waals surface area contributed by atoms with E-state index < -0.39 is 0 Å². The van der Waals surface area contributed by atoms with Gasteiger partial charge in [-0.2, -0.15) is 0 Å². The Kier molecular flexibility index (Phi) is 6.07. The van der Waals surface area contributed by atoms with Crippen molar-refractivity contribution in [2.75, 3.05) is 60.4 Å². The van der Waals surface area contributed by atoms with Crippen LogP contribution in [0.1, 0.15) is 25.7 Å². The normalized spacial score (nSPS) is 30.9. The van der Waals surface area contributed by atoms with Gasteiger partial charge in [0.1, 0.15) is 0 Å². The van der Waals surface area contributed by atoms with E-state index in [1.165, 1.54) is 65.0 Å². The lowest BCUT2D eigenvalue weighted by Gasteiger charge is -2.37. The summed E-state index contributed by atoms with van der Waals surface area (Å²) in [4.78, 5) is 7.65. The van der Waals surface area contributed by atoms with Crippen LogP contribution in [0.4, 0.5) is 0 Å². The molecule has 1 aliphatic heterocycles. The maximum atomic E-state index is 3.42. The first-order valence-electron chi connectivity index (χ1n) is 7.97. The van der Waals surface area contributed by atoms with Gasteiger partial charge >= 0.3 is 0 Å². The van der Waals surface area contributed by atoms with Crippen molar-refractivity contribution in [1.82, 2.24) is 20.0 Å². The number of rotatable bonds is 5. The second kappa shape index (κ2) is 7.58. The van der Waals surface area contributed by atoms with Crippen LogP contribution in [0, 0.1) is 0 Å². The minimum Gasteiger partial charge on any atom is -0.317 e. The van der Waals surface area contributed by atoms with E-state index in [0.29, 0.717) is 0 Å². The van der Waals surface area contributed by atoms with Gasteiger partial charge in [0.25, 0.3) is 0 Å². The maximum Gasteiger partial charge on any atom is 0.0110 e. The van der Waals surface area contributed by atoms with Gasteiger partial charge in [0.2, 0.25) is 0 Å². The second-order valence-electron chi connectivity index (χ2n) is 6.42. The number of nitrogens with one attached hydrogen (secondary N) is 1. The molecule has 0 aromatic rings. The molecule has 4 nitrogen and oxygen atoms in total. The molecule has 0 aromatic carbocycles. The second-order valence-corrected chi connectivity index (χ2v) is 6.42. The molecule has 1 heterocycles. The largest absolute Gasteiger partial charge is 0.317 e. The highest BCUT2D eigenvalue weighted by molar-refractivity contribution is 4.81. The van der Waals surface area contributed by atoms with Gasteiger partial charge in [-0.05, 0) is 46.8 Å². The van der Waals surface area contributed by atoms with Crippen LogP contribution in [0.5, 0.6) is 0 Å². The quantitative estimate of drug-likeness (QED) is 0.792. The van der Waals surface area contributed by atoms with Crippen molar-refractivity contribution in [2.24, 2.45) is 0 Å². The molecule has 0 radical (unpaired) electrons. The molecule has 19 heavy (non-hydrogen) atoms. The molecular weight excluding hydrogens is 236 g/mol. The van der Waals surface area contributed by atoms with E-state index in [4.69, 9.17) is 0 Å². The molecule has 2 fully saturated rings. The van der Waals surface area contributed by atoms with Crippen LogP contribution in [-0.4, -0.2) is 87.2 Å². The minimum atomic E-state index is 0.766. The smallest absolute Gasteiger partial charge is 0.0110 e. The van der Waals surface area contributed by atoms with E-state index in [-0.39, 0.29) is 0 Å². The number of nitrogens with zero attached hydrogens (tertiary/aromatic N) is 3. The van der Waals surface area contributed by atoms with Gasteiger partial charge in [0, 0.05) is 51.4 Å². The predicted molar refractivity (Wildman–Crippen MR) is 81.7 cm³/mol. The van der Waals surface area contributed by atoms with Gasteiger partial charge in [-0.3, -0.25) is 4.90 Å². The highest BCUT2D eigenvalue weighted by atomic mass is 15.3. The molecule has 0 spiro atoms. The molecule has 1 saturated carbocycles. The van der Waals surface area contributed by atoms with Gasteiger partial charge in [-0.1, -0.05) is 0 Å². The Labute approximate surface area is 119 Å². The van der Waals surface area contributed by atoms with E-state index >= 15 is 0 Å². The molecule has 0 unspecified atom stereocenters. The molecule has 1 saturated heterocycles. The molecule has 2 aliphatic rings. The Morgan fingerprint density at radius 3 is 2.26 bits per heavy atom. The van der Waals surface area contributed by atoms with Crippen LogP contribution < -0.4 is 5.32 Å². The molecule has 0 bridgehead atoms. The fourth-order valence-corrected chi connectivity index (χ4v) is 3.36. The van der Waals surface area contributed by atoms with Crippen LogP contribution in [0.2, 0.25) is 0 Å². The Bertz CT molecular complexity index is 243. The number of hydrogen-bond donors (Lipinski definition) is 1. The molecule has 0 atom stereocenters. The third-order valence-electron chi connectivity index (χ3n) is 5.09. The highest BCUT2D eigenvalue weighted by Gasteiger charge is 2.23. The summed E-state index contributed by atoms with van der Waals surface area (Å²) in [6.45, 7) is 7.44. The summed E-state index contributed by atoms with van der Waals surface area (Å²) in [7, 11) is 6.65. The molecule has 4 heteroatoms. The lowest BCUT2D eigenvalue weighted by molar-refractivity contribution is 0.118. The summed E-state index contributed by atoms with van der Waals surface area (Å²) in [6, 6.07) is 1.58. The summed E-state index contributed by atoms with van der Waals surface area (Å²) in [5.74, 6) is 0. The monoisotopic (exact) mass is 268 g/mol. The topological polar surface area (TPSA) is 21.8 Å². The van der Waals surface area contributed by atoms with Crippen molar-refractivity contribution in [3.8, 4) is 0 Å². The fraction of sp³-hybridized carbons (Fsp3) is 1.00. The Morgan fingerprint density at radius 1 is 1.05 bits per heavy atom. The first-order chi connectivity index (χ1) is 9.19. The summed E-state index contributed by atoms with van der Waals surface area (Å²) in [5.41, 5.74) is 0. The molecule has 0 aromatic heterocycles. The number of piperazine rings is 1. The van der Waals surface area contributed by atoms with Crippen LogP contribution >= 0.6 is 0 Å². The molecule has 0 amide bonds. The van der Waals surface area contributed by atoms with Crippen molar-refractivity contribution in [3.05, 3.63) is 0 Å². The van der Waals surface area contributed by atoms with Gasteiger partial charge in [0.15, 0.2) is 0 Å². The molecule has 112 valence electrons. The first-order valence-corrected chi connectivity index (χ1v) is 7.97. The maximum absolute atomic E-state index is 3.42. The Balaban J connectivity index is 1.63. The van der Waals surface area contributed by atoms with Crippen LogP contribution in [-0.2, 0) is 0 Å². The molecular formula is C15H32N4. The van der Waals surface area contributed by atoms with Gasteiger partial charge in [-0.15, -0.1) is 0 Å². The SMILES string of the molecule is CNC1CCC(N(C)CCN2CCN(C)CC2)CC1. The van der Waals surface area contributed by atoms with Gasteiger partial charge in [0.05, 0.1) is 0 Å². The van der Waals surface area contributed by atoms with Crippen LogP contribution in [0.25, 0.3) is 0 Å². The van der Waals surface area contributed by atoms with E-state index in [0.717, 1.165) is 12.1 Å². The predicted octanol–water partition coefficient (Wildman–Crippen LogP) is 0.696. The zero-order chi connectivity index (χ0) is 13.7. The van der Waals surface area contributed by atoms with Crippen molar-refractivity contribution >= 4 is 0 Å². The van der Waals surface area contributed by atoms with Crippen molar-refractivity contribution < 1.29 is 0 Å². The molecule has 2 rings (SSSR count). The zero-order valence-electron chi connectivity index (χ0n) is 13.1. The standard InChI is InChI=1S/C15H32N4/c1-16-14-4-6-15(7-5-14)18(3)10-13-19-11-8-17(2)9-12-19/h14-16H,4-13H2,1-3H3. The minimum absolute atomic E-state index is 0.766. The highest BCUT2D eigenvalue weighted by Crippen LogP contribution is 2.22. The van der Waals surface area contributed by atoms with Crippen LogP contribution in [0.15, 0.2) is 0 Å². The van der Waals surface area contributed by atoms with E-state index in [9.17, 15) is 0 Å². The lowest BCUT2D eigenvalue weighted by atomic mass is 9.90. The van der Waals surface area contributed by atoms with E-state index in [1.54, 1.807) is 0 Å². The third kappa shape index (κ3) is 4.71. The van der Waals surface area contributed by atoms with Crippen molar-refractivity contribution in [1.29, 1.82) is 0 Å². The number of hydrogen-bond acceptors (Lipinski definition) is 4. The van der Waals surface area contributed by atoms with E-state index in [2.05, 4.69) is 41.2 Å². The van der Waals surface area contributed by atoms with Crippen molar-refractivity contribution in [2.45, 2.75) is 37.8 Å². The summed E-state index contributed by atoms with van der Waals surface area (Å²) < 4.78 is 0. The Hall–Kier alpha value is -0.160. The van der Waals surface area contributed by atoms with Gasteiger partial charge < -0.3 is 15.1 Å². The summed E-state index contributed by atoms with van der Waals surface area (Å²) in [6.07, 6.45) is 5.43. The summed E-state index contributed by atoms with van der Waals surface area (Å²) in [5, 5.41) is 3.42. The summed E-state index contributed by atoms with van der Waals surface area (Å²) >= 11 is 0. The zero-order valence-corrected chi connectivity index (χ0v) is 13.1. The van der Waals surface area contributed by atoms with Crippen molar-refractivity contribution in [3.63, 3.8) is 0 Å². The Morgan fingerprint density at radius 2 is 1.68 bits per heavy atom. The average molecular weight is 268 g/mol. The fourth-order valence-electron chi connectivity index (χ4n) is 3.36. The number of likely N-dealkylation sites (N-methyl/N-ethyl adjacent to an activating group) is 2. The van der Waals surface area contributed by atoms with Gasteiger partial charge in [-0.25, -0.2) is 0 Å². The first kappa shape index (κ1) is 15.2.